The molecule has 108 valence electrons. The van der Waals surface area contributed by atoms with Crippen molar-refractivity contribution in [3.63, 3.8) is 0 Å². The normalized spacial score (nSPS) is 23.4. The van der Waals surface area contributed by atoms with Crippen molar-refractivity contribution in [1.82, 2.24) is 4.90 Å². The second kappa shape index (κ2) is 5.28. The molecule has 6 nitrogen and oxygen atoms in total. The molecule has 20 heavy (non-hydrogen) atoms. The van der Waals surface area contributed by atoms with Crippen LogP contribution >= 0.6 is 0 Å². The van der Waals surface area contributed by atoms with Crippen molar-refractivity contribution in [1.29, 1.82) is 0 Å². The Bertz CT molecular complexity index is 514. The zero-order valence-corrected chi connectivity index (χ0v) is 11.5. The molecule has 2 N–H and O–H groups in total. The molecule has 0 aromatic heterocycles. The molecule has 0 amide bonds. The molecule has 1 atom stereocenters. The van der Waals surface area contributed by atoms with Gasteiger partial charge < -0.3 is 10.6 Å². The van der Waals surface area contributed by atoms with Crippen LogP contribution in [0.15, 0.2) is 18.2 Å². The minimum atomic E-state index is -0.381. The fourth-order valence-electron chi connectivity index (χ4n) is 3.29. The first-order chi connectivity index (χ1) is 9.63. The van der Waals surface area contributed by atoms with Gasteiger partial charge in [-0.25, -0.2) is 0 Å². The van der Waals surface area contributed by atoms with Gasteiger partial charge in [0.05, 0.1) is 4.92 Å². The molecule has 0 bridgehead atoms. The van der Waals surface area contributed by atoms with Crippen LogP contribution in [0.2, 0.25) is 0 Å². The van der Waals surface area contributed by atoms with Crippen molar-refractivity contribution in [2.24, 2.45) is 0 Å². The van der Waals surface area contributed by atoms with Crippen molar-refractivity contribution >= 4 is 17.1 Å². The lowest BCUT2D eigenvalue weighted by Gasteiger charge is -2.24. The molecule has 0 aliphatic carbocycles. The van der Waals surface area contributed by atoms with Crippen LogP contribution in [0.25, 0.3) is 0 Å². The highest BCUT2D eigenvalue weighted by Crippen LogP contribution is 2.29. The standard InChI is InChI=1S/C14H20N4O2/c15-11-7-13(9-14(8-11)18(19)20)17-6-3-12(10-17)16-4-1-2-5-16/h7-9,12H,1-6,10,15H2. The third-order valence-corrected chi connectivity index (χ3v) is 4.32. The van der Waals surface area contributed by atoms with Gasteiger partial charge >= 0.3 is 0 Å². The van der Waals surface area contributed by atoms with Gasteiger partial charge in [0.1, 0.15) is 0 Å². The number of nitro groups is 1. The highest BCUT2D eigenvalue weighted by atomic mass is 16.6. The molecule has 2 aliphatic rings. The number of hydrogen-bond donors (Lipinski definition) is 1. The maximum absolute atomic E-state index is 10.9. The Labute approximate surface area is 118 Å². The lowest BCUT2D eigenvalue weighted by molar-refractivity contribution is -0.384. The van der Waals surface area contributed by atoms with Crippen LogP contribution in [0.1, 0.15) is 19.3 Å². The summed E-state index contributed by atoms with van der Waals surface area (Å²) in [7, 11) is 0. The third kappa shape index (κ3) is 2.56. The van der Waals surface area contributed by atoms with Crippen molar-refractivity contribution in [2.45, 2.75) is 25.3 Å². The lowest BCUT2D eigenvalue weighted by Crippen LogP contribution is -2.35. The largest absolute Gasteiger partial charge is 0.398 e. The summed E-state index contributed by atoms with van der Waals surface area (Å²) >= 11 is 0. The van der Waals surface area contributed by atoms with Crippen LogP contribution < -0.4 is 10.6 Å². The average molecular weight is 276 g/mol. The fourth-order valence-corrected chi connectivity index (χ4v) is 3.29. The molecule has 6 heteroatoms. The Morgan fingerprint density at radius 1 is 1.20 bits per heavy atom. The summed E-state index contributed by atoms with van der Waals surface area (Å²) in [6, 6.07) is 5.46. The van der Waals surface area contributed by atoms with Gasteiger partial charge in [-0.2, -0.15) is 0 Å². The molecule has 2 heterocycles. The van der Waals surface area contributed by atoms with E-state index in [0.29, 0.717) is 11.7 Å². The highest BCUT2D eigenvalue weighted by Gasteiger charge is 2.29. The summed E-state index contributed by atoms with van der Waals surface area (Å²) in [5.41, 5.74) is 7.18. The number of benzene rings is 1. The van der Waals surface area contributed by atoms with E-state index >= 15 is 0 Å². The summed E-state index contributed by atoms with van der Waals surface area (Å²) in [5, 5.41) is 10.9. The van der Waals surface area contributed by atoms with Crippen LogP contribution in [0.5, 0.6) is 0 Å². The Morgan fingerprint density at radius 3 is 2.65 bits per heavy atom. The van der Waals surface area contributed by atoms with Gasteiger partial charge in [0.25, 0.3) is 5.69 Å². The monoisotopic (exact) mass is 276 g/mol. The highest BCUT2D eigenvalue weighted by molar-refractivity contribution is 5.63. The first-order valence-electron chi connectivity index (χ1n) is 7.17. The Hall–Kier alpha value is -1.82. The van der Waals surface area contributed by atoms with E-state index in [2.05, 4.69) is 9.80 Å². The van der Waals surface area contributed by atoms with Gasteiger partial charge in [-0.05, 0) is 38.4 Å². The zero-order chi connectivity index (χ0) is 14.1. The van der Waals surface area contributed by atoms with E-state index in [0.717, 1.165) is 25.2 Å². The Kier molecular flexibility index (Phi) is 3.48. The minimum absolute atomic E-state index is 0.0737. The van der Waals surface area contributed by atoms with E-state index in [1.807, 2.05) is 6.07 Å². The lowest BCUT2D eigenvalue weighted by atomic mass is 10.2. The number of nitrogens with two attached hydrogens (primary N) is 1. The Morgan fingerprint density at radius 2 is 1.95 bits per heavy atom. The quantitative estimate of drug-likeness (QED) is 0.518. The molecule has 2 saturated heterocycles. The second-order valence-electron chi connectivity index (χ2n) is 5.67. The number of nitrogen functional groups attached to an aromatic ring is 1. The van der Waals surface area contributed by atoms with E-state index in [1.54, 1.807) is 6.07 Å². The number of hydrogen-bond acceptors (Lipinski definition) is 5. The molecule has 0 spiro atoms. The maximum Gasteiger partial charge on any atom is 0.273 e. The summed E-state index contributed by atoms with van der Waals surface area (Å²) in [6.45, 7) is 4.27. The van der Waals surface area contributed by atoms with Crippen LogP contribution in [0.4, 0.5) is 17.1 Å². The molecule has 1 aromatic carbocycles. The Balaban J connectivity index is 1.75. The maximum atomic E-state index is 10.9. The van der Waals surface area contributed by atoms with Crippen LogP contribution in [0.3, 0.4) is 0 Å². The van der Waals surface area contributed by atoms with Crippen LogP contribution in [-0.2, 0) is 0 Å². The van der Waals surface area contributed by atoms with Crippen LogP contribution in [0, 0.1) is 10.1 Å². The molecular formula is C14H20N4O2. The predicted octanol–water partition coefficient (Wildman–Crippen LogP) is 1.85. The molecular weight excluding hydrogens is 256 g/mol. The summed E-state index contributed by atoms with van der Waals surface area (Å²) in [4.78, 5) is 15.3. The van der Waals surface area contributed by atoms with Crippen LogP contribution in [-0.4, -0.2) is 42.0 Å². The van der Waals surface area contributed by atoms with Gasteiger partial charge in [0, 0.05) is 42.6 Å². The molecule has 0 saturated carbocycles. The summed E-state index contributed by atoms with van der Waals surface area (Å²) in [6.07, 6.45) is 3.71. The molecule has 2 fully saturated rings. The molecule has 3 rings (SSSR count). The van der Waals surface area contributed by atoms with Gasteiger partial charge in [-0.3, -0.25) is 15.0 Å². The predicted molar refractivity (Wildman–Crippen MR) is 78.9 cm³/mol. The smallest absolute Gasteiger partial charge is 0.273 e. The molecule has 2 aliphatic heterocycles. The number of likely N-dealkylation sites (tertiary alicyclic amines) is 1. The van der Waals surface area contributed by atoms with E-state index in [4.69, 9.17) is 5.73 Å². The minimum Gasteiger partial charge on any atom is -0.398 e. The zero-order valence-electron chi connectivity index (χ0n) is 11.5. The van der Waals surface area contributed by atoms with Gasteiger partial charge in [0.15, 0.2) is 0 Å². The fraction of sp³-hybridized carbons (Fsp3) is 0.571. The first-order valence-corrected chi connectivity index (χ1v) is 7.17. The van der Waals surface area contributed by atoms with Crippen molar-refractivity contribution in [3.8, 4) is 0 Å². The number of anilines is 2. The summed E-state index contributed by atoms with van der Waals surface area (Å²) < 4.78 is 0. The van der Waals surface area contributed by atoms with E-state index in [-0.39, 0.29) is 10.6 Å². The number of nitrogens with zero attached hydrogens (tertiary/aromatic N) is 3. The first kappa shape index (κ1) is 13.2. The van der Waals surface area contributed by atoms with Crippen molar-refractivity contribution < 1.29 is 4.92 Å². The van der Waals surface area contributed by atoms with Gasteiger partial charge in [0.2, 0.25) is 0 Å². The van der Waals surface area contributed by atoms with E-state index in [1.165, 1.54) is 32.0 Å². The average Bonchev–Trinajstić information content (AvgIpc) is 3.09. The number of rotatable bonds is 3. The second-order valence-corrected chi connectivity index (χ2v) is 5.67. The van der Waals surface area contributed by atoms with Gasteiger partial charge in [-0.15, -0.1) is 0 Å². The number of non-ortho nitro benzene ring substituents is 1. The SMILES string of the molecule is Nc1cc(N2CCC(N3CCCC3)C2)cc([N+](=O)[O-])c1. The van der Waals surface area contributed by atoms with E-state index in [9.17, 15) is 10.1 Å². The topological polar surface area (TPSA) is 75.6 Å². The molecule has 1 aromatic rings. The molecule has 0 radical (unpaired) electrons. The van der Waals surface area contributed by atoms with E-state index < -0.39 is 0 Å². The third-order valence-electron chi connectivity index (χ3n) is 4.32. The summed E-state index contributed by atoms with van der Waals surface area (Å²) in [5.74, 6) is 0. The number of nitro benzene ring substituents is 1. The van der Waals surface area contributed by atoms with Gasteiger partial charge in [-0.1, -0.05) is 0 Å². The molecule has 1 unspecified atom stereocenters. The van der Waals surface area contributed by atoms with Crippen molar-refractivity contribution in [3.05, 3.63) is 28.3 Å². The van der Waals surface area contributed by atoms with Crippen molar-refractivity contribution in [2.75, 3.05) is 36.8 Å².